The van der Waals surface area contributed by atoms with Crippen molar-refractivity contribution in [3.05, 3.63) is 88.0 Å². The Balaban J connectivity index is 0.000000996. The number of imide groups is 1. The van der Waals surface area contributed by atoms with E-state index in [0.29, 0.717) is 16.7 Å². The van der Waals surface area contributed by atoms with E-state index < -0.39 is 11.9 Å². The van der Waals surface area contributed by atoms with E-state index in [0.717, 1.165) is 16.7 Å². The highest BCUT2D eigenvalue weighted by molar-refractivity contribution is 5.99. The normalized spacial score (nSPS) is 13.9. The number of fused-ring (bicyclic) bond motifs is 1. The Morgan fingerprint density at radius 1 is 1.05 bits per heavy atom. The Labute approximate surface area is 231 Å². The summed E-state index contributed by atoms with van der Waals surface area (Å²) in [5, 5.41) is 5.53. The maximum Gasteiger partial charge on any atom is 0.262 e. The molecule has 0 aliphatic carbocycles. The van der Waals surface area contributed by atoms with Gasteiger partial charge in [-0.3, -0.25) is 29.1 Å². The topological polar surface area (TPSA) is 110 Å². The van der Waals surface area contributed by atoms with Gasteiger partial charge in [0.25, 0.3) is 5.56 Å². The molecule has 0 spiro atoms. The van der Waals surface area contributed by atoms with Crippen LogP contribution < -0.4 is 16.2 Å². The summed E-state index contributed by atoms with van der Waals surface area (Å²) in [6.45, 7) is 17.2. The van der Waals surface area contributed by atoms with Crippen LogP contribution in [-0.2, 0) is 27.3 Å². The third kappa shape index (κ3) is 9.32. The molecule has 0 unspecified atom stereocenters. The molecule has 39 heavy (non-hydrogen) atoms. The van der Waals surface area contributed by atoms with Crippen molar-refractivity contribution in [3.8, 4) is 0 Å². The summed E-state index contributed by atoms with van der Waals surface area (Å²) in [4.78, 5) is 53.7. The first-order valence-corrected chi connectivity index (χ1v) is 13.5. The molecule has 3 amide bonds. The molecule has 0 bridgehead atoms. The first kappa shape index (κ1) is 33.0. The van der Waals surface area contributed by atoms with Crippen molar-refractivity contribution in [3.63, 3.8) is 0 Å². The number of hydrogen-bond donors (Lipinski definition) is 2. The molecule has 0 saturated carbocycles. The molecule has 1 aromatic heterocycles. The van der Waals surface area contributed by atoms with E-state index >= 15 is 0 Å². The van der Waals surface area contributed by atoms with Crippen molar-refractivity contribution in [2.24, 2.45) is 0 Å². The average molecular weight is 535 g/mol. The summed E-state index contributed by atoms with van der Waals surface area (Å²) in [5.74, 6) is -0.533. The summed E-state index contributed by atoms with van der Waals surface area (Å²) in [7, 11) is 0. The summed E-state index contributed by atoms with van der Waals surface area (Å²) in [6, 6.07) is 12.3. The minimum absolute atomic E-state index is 0.114. The van der Waals surface area contributed by atoms with E-state index in [9.17, 15) is 19.2 Å². The zero-order valence-corrected chi connectivity index (χ0v) is 24.3. The molecule has 2 N–H and O–H groups in total. The molecular weight excluding hydrogens is 492 g/mol. The smallest absolute Gasteiger partial charge is 0.262 e. The van der Waals surface area contributed by atoms with Crippen molar-refractivity contribution in [2.45, 2.75) is 80.3 Å². The monoisotopic (exact) mass is 534 g/mol. The number of aromatic nitrogens is 2. The maximum absolute atomic E-state index is 13.2. The van der Waals surface area contributed by atoms with Gasteiger partial charge in [-0.1, -0.05) is 69.7 Å². The fraction of sp³-hybridized carbons (Fsp3) is 0.387. The van der Waals surface area contributed by atoms with Crippen LogP contribution in [0.5, 0.6) is 0 Å². The van der Waals surface area contributed by atoms with Gasteiger partial charge in [0.15, 0.2) is 0 Å². The Morgan fingerprint density at radius 3 is 2.23 bits per heavy atom. The third-order valence-corrected chi connectivity index (χ3v) is 5.64. The van der Waals surface area contributed by atoms with Crippen LogP contribution in [0.15, 0.2) is 59.9 Å². The minimum atomic E-state index is -0.769. The fourth-order valence-electron chi connectivity index (χ4n) is 3.92. The van der Waals surface area contributed by atoms with Gasteiger partial charge in [0, 0.05) is 13.0 Å². The van der Waals surface area contributed by atoms with Crippen molar-refractivity contribution in [2.75, 3.05) is 0 Å². The number of carbonyl (C=O) groups is 3. The van der Waals surface area contributed by atoms with Gasteiger partial charge in [-0.15, -0.1) is 6.58 Å². The van der Waals surface area contributed by atoms with Gasteiger partial charge in [0.2, 0.25) is 17.7 Å². The van der Waals surface area contributed by atoms with Gasteiger partial charge in [-0.25, -0.2) is 4.98 Å². The van der Waals surface area contributed by atoms with Gasteiger partial charge in [0.05, 0.1) is 17.3 Å². The lowest BCUT2D eigenvalue weighted by Gasteiger charge is -2.24. The van der Waals surface area contributed by atoms with Crippen LogP contribution in [0.1, 0.15) is 76.0 Å². The van der Waals surface area contributed by atoms with E-state index in [1.807, 2.05) is 71.9 Å². The first-order chi connectivity index (χ1) is 18.7. The molecule has 1 fully saturated rings. The molecule has 8 nitrogen and oxygen atoms in total. The van der Waals surface area contributed by atoms with Crippen LogP contribution in [0.3, 0.4) is 0 Å². The predicted octanol–water partition coefficient (Wildman–Crippen LogP) is 5.09. The molecule has 1 saturated heterocycles. The number of rotatable bonds is 5. The fourth-order valence-corrected chi connectivity index (χ4v) is 3.92. The lowest BCUT2D eigenvalue weighted by Crippen LogP contribution is -2.45. The zero-order chi connectivity index (χ0) is 29.5. The molecule has 2 heterocycles. The van der Waals surface area contributed by atoms with E-state index in [1.54, 1.807) is 25.1 Å². The average Bonchev–Trinajstić information content (AvgIpc) is 2.93. The Hall–Kier alpha value is -4.07. The second-order valence-electron chi connectivity index (χ2n) is 8.50. The summed E-state index contributed by atoms with van der Waals surface area (Å²) in [5.41, 5.74) is 3.00. The van der Waals surface area contributed by atoms with Crippen LogP contribution in [0.2, 0.25) is 0 Å². The van der Waals surface area contributed by atoms with Crippen LogP contribution in [-0.4, -0.2) is 27.3 Å². The second kappa shape index (κ2) is 16.7. The van der Waals surface area contributed by atoms with Gasteiger partial charge < -0.3 is 5.32 Å². The highest BCUT2D eigenvalue weighted by atomic mass is 16.2. The lowest BCUT2D eigenvalue weighted by molar-refractivity contribution is -0.135. The Morgan fingerprint density at radius 2 is 1.64 bits per heavy atom. The van der Waals surface area contributed by atoms with E-state index in [2.05, 4.69) is 22.2 Å². The number of nitrogens with one attached hydrogen (secondary N) is 2. The number of piperidine rings is 1. The first-order valence-electron chi connectivity index (χ1n) is 13.5. The maximum atomic E-state index is 13.2. The highest BCUT2D eigenvalue weighted by Crippen LogP contribution is 2.20. The van der Waals surface area contributed by atoms with E-state index in [1.165, 1.54) is 4.57 Å². The summed E-state index contributed by atoms with van der Waals surface area (Å²) < 4.78 is 1.35. The molecule has 1 atom stereocenters. The van der Waals surface area contributed by atoms with Crippen molar-refractivity contribution in [1.82, 2.24) is 20.2 Å². The largest absolute Gasteiger partial charge is 0.352 e. The minimum Gasteiger partial charge on any atom is -0.352 e. The van der Waals surface area contributed by atoms with E-state index in [-0.39, 0.29) is 43.2 Å². The quantitative estimate of drug-likeness (QED) is 0.350. The number of amides is 3. The molecule has 210 valence electrons. The van der Waals surface area contributed by atoms with Gasteiger partial charge in [-0.2, -0.15) is 0 Å². The molecular formula is C31H42N4O4. The number of aryl methyl sites for hydroxylation is 2. The summed E-state index contributed by atoms with van der Waals surface area (Å²) in [6.07, 6.45) is 2.46. The van der Waals surface area contributed by atoms with Crippen molar-refractivity contribution >= 4 is 28.6 Å². The molecule has 2 aromatic carbocycles. The van der Waals surface area contributed by atoms with Gasteiger partial charge in [0.1, 0.15) is 11.9 Å². The van der Waals surface area contributed by atoms with Crippen LogP contribution in [0, 0.1) is 13.8 Å². The lowest BCUT2D eigenvalue weighted by atomic mass is 10.0. The van der Waals surface area contributed by atoms with Crippen LogP contribution >= 0.6 is 0 Å². The molecule has 1 aliphatic rings. The van der Waals surface area contributed by atoms with Crippen LogP contribution in [0.25, 0.3) is 10.9 Å². The Bertz CT molecular complexity index is 1330. The SMILES string of the molecule is C=CC.CC.CC.Cc1ccc(CC(=O)NCc2ccc3nc(C)n([C@H]4CCC(=O)NC4=O)c(=O)c3c2)cc1. The van der Waals surface area contributed by atoms with Crippen molar-refractivity contribution < 1.29 is 14.4 Å². The third-order valence-electron chi connectivity index (χ3n) is 5.64. The molecule has 4 rings (SSSR count). The molecule has 0 radical (unpaired) electrons. The number of allylic oxidation sites excluding steroid dienone is 1. The second-order valence-corrected chi connectivity index (χ2v) is 8.50. The number of hydrogen-bond acceptors (Lipinski definition) is 5. The molecule has 1 aliphatic heterocycles. The van der Waals surface area contributed by atoms with Gasteiger partial charge in [-0.05, 0) is 50.5 Å². The molecule has 8 heteroatoms. The van der Waals surface area contributed by atoms with Crippen molar-refractivity contribution in [1.29, 1.82) is 0 Å². The van der Waals surface area contributed by atoms with Crippen LogP contribution in [0.4, 0.5) is 0 Å². The standard InChI is InChI=1S/C24H24N4O4.C3H6.2C2H6/c1-14-3-5-16(6-4-14)12-22(30)25-13-17-7-8-19-18(11-17)24(32)28(15(2)26-19)20-9-10-21(29)27-23(20)31;1-3-2;2*1-2/h3-8,11,20H,9-10,12-13H2,1-2H3,(H,25,30)(H,27,29,31);3H,1H2,2H3;2*1-2H3/t20-;;;/m0.../s1. The Kier molecular flexibility index (Phi) is 14.1. The highest BCUT2D eigenvalue weighted by Gasteiger charge is 2.30. The number of benzene rings is 2. The zero-order valence-electron chi connectivity index (χ0n) is 24.3. The molecule has 3 aromatic rings. The number of carbonyl (C=O) groups excluding carboxylic acids is 3. The number of nitrogens with zero attached hydrogens (tertiary/aromatic N) is 2. The predicted molar refractivity (Wildman–Crippen MR) is 157 cm³/mol. The van der Waals surface area contributed by atoms with E-state index in [4.69, 9.17) is 0 Å². The van der Waals surface area contributed by atoms with Gasteiger partial charge >= 0.3 is 0 Å². The summed E-state index contributed by atoms with van der Waals surface area (Å²) >= 11 is 0.